The lowest BCUT2D eigenvalue weighted by atomic mass is 10.2. The molecule has 8 heteroatoms. The van der Waals surface area contributed by atoms with Gasteiger partial charge in [-0.05, 0) is 25.5 Å². The molecule has 110 valence electrons. The lowest BCUT2D eigenvalue weighted by molar-refractivity contribution is -0.385. The van der Waals surface area contributed by atoms with Crippen molar-refractivity contribution in [2.24, 2.45) is 0 Å². The molecule has 2 heterocycles. The number of carboxylic acids is 1. The van der Waals surface area contributed by atoms with Gasteiger partial charge in [0.2, 0.25) is 0 Å². The average molecular weight is 291 g/mol. The van der Waals surface area contributed by atoms with E-state index in [1.54, 1.807) is 13.8 Å². The van der Waals surface area contributed by atoms with Crippen LogP contribution in [0.3, 0.4) is 0 Å². The number of hydrogen-bond acceptors (Lipinski definition) is 6. The number of hydrogen-bond donors (Lipinski definition) is 2. The first-order chi connectivity index (χ1) is 9.88. The van der Waals surface area contributed by atoms with Gasteiger partial charge in [-0.2, -0.15) is 0 Å². The first-order valence-corrected chi connectivity index (χ1v) is 6.06. The molecule has 2 rings (SSSR count). The van der Waals surface area contributed by atoms with Crippen LogP contribution in [-0.2, 0) is 6.54 Å². The van der Waals surface area contributed by atoms with Crippen LogP contribution in [0.5, 0.6) is 0 Å². The Morgan fingerprint density at radius 1 is 1.48 bits per heavy atom. The first-order valence-electron chi connectivity index (χ1n) is 6.06. The molecule has 21 heavy (non-hydrogen) atoms. The summed E-state index contributed by atoms with van der Waals surface area (Å²) in [6.45, 7) is 3.50. The van der Waals surface area contributed by atoms with Gasteiger partial charge >= 0.3 is 5.97 Å². The second-order valence-electron chi connectivity index (χ2n) is 4.46. The van der Waals surface area contributed by atoms with Crippen molar-refractivity contribution in [2.75, 3.05) is 5.32 Å². The summed E-state index contributed by atoms with van der Waals surface area (Å²) in [4.78, 5) is 25.0. The molecule has 0 atom stereocenters. The Morgan fingerprint density at radius 3 is 2.71 bits per heavy atom. The fourth-order valence-corrected chi connectivity index (χ4v) is 1.86. The maximum Gasteiger partial charge on any atom is 0.339 e. The first kappa shape index (κ1) is 14.5. The highest BCUT2D eigenvalue weighted by atomic mass is 16.6. The van der Waals surface area contributed by atoms with Crippen LogP contribution >= 0.6 is 0 Å². The summed E-state index contributed by atoms with van der Waals surface area (Å²) >= 11 is 0. The number of nitrogens with zero attached hydrogens (tertiary/aromatic N) is 2. The maximum atomic E-state index is 10.9. The van der Waals surface area contributed by atoms with Crippen molar-refractivity contribution in [3.8, 4) is 0 Å². The van der Waals surface area contributed by atoms with Gasteiger partial charge in [0.15, 0.2) is 0 Å². The molecule has 0 aliphatic rings. The zero-order valence-corrected chi connectivity index (χ0v) is 11.4. The quantitative estimate of drug-likeness (QED) is 0.641. The molecule has 0 fully saturated rings. The van der Waals surface area contributed by atoms with E-state index in [9.17, 15) is 14.9 Å². The Balaban J connectivity index is 2.11. The van der Waals surface area contributed by atoms with Crippen molar-refractivity contribution in [2.45, 2.75) is 20.4 Å². The Morgan fingerprint density at radius 2 is 2.19 bits per heavy atom. The fourth-order valence-electron chi connectivity index (χ4n) is 1.86. The van der Waals surface area contributed by atoms with Gasteiger partial charge < -0.3 is 14.8 Å². The molecule has 0 aliphatic carbocycles. The zero-order chi connectivity index (χ0) is 15.6. The highest BCUT2D eigenvalue weighted by Crippen LogP contribution is 2.20. The van der Waals surface area contributed by atoms with E-state index in [1.807, 2.05) is 0 Å². The predicted octanol–water partition coefficient (Wildman–Crippen LogP) is 2.51. The van der Waals surface area contributed by atoms with Gasteiger partial charge in [-0.1, -0.05) is 0 Å². The topological polar surface area (TPSA) is 118 Å². The Bertz CT molecular complexity index is 708. The number of rotatable bonds is 5. The molecule has 0 aliphatic heterocycles. The molecule has 0 bridgehead atoms. The maximum absolute atomic E-state index is 10.9. The number of aromatic nitrogens is 1. The summed E-state index contributed by atoms with van der Waals surface area (Å²) in [7, 11) is 0. The minimum atomic E-state index is -1.05. The number of aromatic carboxylic acids is 1. The number of nitrogens with one attached hydrogen (secondary N) is 1. The molecular weight excluding hydrogens is 278 g/mol. The van der Waals surface area contributed by atoms with Crippen LogP contribution in [0.1, 0.15) is 27.4 Å². The van der Waals surface area contributed by atoms with E-state index in [-0.39, 0.29) is 17.8 Å². The number of carboxylic acid groups (broad SMARTS) is 1. The minimum Gasteiger partial charge on any atom is -0.478 e. The van der Waals surface area contributed by atoms with E-state index in [2.05, 4.69) is 10.3 Å². The molecule has 0 saturated heterocycles. The van der Waals surface area contributed by atoms with Crippen LogP contribution in [0, 0.1) is 24.0 Å². The number of furan rings is 1. The lowest BCUT2D eigenvalue weighted by Crippen LogP contribution is -2.03. The van der Waals surface area contributed by atoms with Crippen molar-refractivity contribution >= 4 is 17.5 Å². The standard InChI is InChI=1S/C13H13N3O5/c1-7-3-9(16(19)20)5-14-12(7)15-6-10-4-11(13(17)18)8(2)21-10/h3-5H,6H2,1-2H3,(H,14,15)(H,17,18). The molecule has 0 saturated carbocycles. The van der Waals surface area contributed by atoms with Crippen LogP contribution in [0.4, 0.5) is 11.5 Å². The second-order valence-corrected chi connectivity index (χ2v) is 4.46. The van der Waals surface area contributed by atoms with Crippen molar-refractivity contribution in [3.05, 3.63) is 51.1 Å². The van der Waals surface area contributed by atoms with Crippen LogP contribution in [0.15, 0.2) is 22.7 Å². The monoisotopic (exact) mass is 291 g/mol. The molecule has 8 nitrogen and oxygen atoms in total. The van der Waals surface area contributed by atoms with Crippen molar-refractivity contribution in [3.63, 3.8) is 0 Å². The summed E-state index contributed by atoms with van der Waals surface area (Å²) in [6.07, 6.45) is 1.16. The third-order valence-electron chi connectivity index (χ3n) is 2.90. The number of anilines is 1. The highest BCUT2D eigenvalue weighted by molar-refractivity contribution is 5.88. The normalized spacial score (nSPS) is 10.4. The van der Waals surface area contributed by atoms with Gasteiger partial charge in [0.05, 0.1) is 11.5 Å². The van der Waals surface area contributed by atoms with Crippen LogP contribution < -0.4 is 5.32 Å². The Labute approximate surface area is 119 Å². The van der Waals surface area contributed by atoms with Gasteiger partial charge in [-0.3, -0.25) is 10.1 Å². The van der Waals surface area contributed by atoms with E-state index < -0.39 is 10.9 Å². The second kappa shape index (κ2) is 5.61. The van der Waals surface area contributed by atoms with E-state index in [0.717, 1.165) is 6.20 Å². The minimum absolute atomic E-state index is 0.0833. The molecular formula is C13H13N3O5. The Hall–Kier alpha value is -2.90. The SMILES string of the molecule is Cc1cc([N+](=O)[O-])cnc1NCc1cc(C(=O)O)c(C)o1. The molecule has 0 radical (unpaired) electrons. The van der Waals surface area contributed by atoms with E-state index in [1.165, 1.54) is 12.1 Å². The number of nitro groups is 1. The van der Waals surface area contributed by atoms with Gasteiger partial charge in [0.1, 0.15) is 29.1 Å². The van der Waals surface area contributed by atoms with Crippen molar-refractivity contribution in [1.82, 2.24) is 4.98 Å². The predicted molar refractivity (Wildman–Crippen MR) is 73.4 cm³/mol. The van der Waals surface area contributed by atoms with E-state index in [4.69, 9.17) is 9.52 Å². The molecule has 0 unspecified atom stereocenters. The molecule has 0 aromatic carbocycles. The molecule has 2 aromatic rings. The molecule has 2 N–H and O–H groups in total. The van der Waals surface area contributed by atoms with Crippen molar-refractivity contribution < 1.29 is 19.2 Å². The highest BCUT2D eigenvalue weighted by Gasteiger charge is 2.14. The summed E-state index contributed by atoms with van der Waals surface area (Å²) in [5.41, 5.74) is 0.645. The van der Waals surface area contributed by atoms with E-state index >= 15 is 0 Å². The number of pyridine rings is 1. The third-order valence-corrected chi connectivity index (χ3v) is 2.90. The lowest BCUT2D eigenvalue weighted by Gasteiger charge is -2.06. The fraction of sp³-hybridized carbons (Fsp3) is 0.231. The summed E-state index contributed by atoms with van der Waals surface area (Å²) < 4.78 is 5.32. The smallest absolute Gasteiger partial charge is 0.339 e. The summed E-state index contributed by atoms with van der Waals surface area (Å²) in [5.74, 6) is 0.204. The number of carbonyl (C=O) groups is 1. The van der Waals surface area contributed by atoms with Crippen LogP contribution in [-0.4, -0.2) is 21.0 Å². The van der Waals surface area contributed by atoms with E-state index in [0.29, 0.717) is 22.9 Å². The van der Waals surface area contributed by atoms with Crippen LogP contribution in [0.2, 0.25) is 0 Å². The average Bonchev–Trinajstić information content (AvgIpc) is 2.78. The van der Waals surface area contributed by atoms with Crippen molar-refractivity contribution in [1.29, 1.82) is 0 Å². The molecule has 0 amide bonds. The zero-order valence-electron chi connectivity index (χ0n) is 11.4. The van der Waals surface area contributed by atoms with Gasteiger partial charge in [0, 0.05) is 6.07 Å². The molecule has 2 aromatic heterocycles. The Kier molecular flexibility index (Phi) is 3.88. The van der Waals surface area contributed by atoms with Gasteiger partial charge in [-0.25, -0.2) is 9.78 Å². The van der Waals surface area contributed by atoms with Gasteiger partial charge in [0.25, 0.3) is 5.69 Å². The number of aryl methyl sites for hydroxylation is 2. The van der Waals surface area contributed by atoms with Crippen LogP contribution in [0.25, 0.3) is 0 Å². The largest absolute Gasteiger partial charge is 0.478 e. The summed E-state index contributed by atoms with van der Waals surface area (Å²) in [6, 6.07) is 2.84. The summed E-state index contributed by atoms with van der Waals surface area (Å²) in [5, 5.41) is 22.5. The molecule has 0 spiro atoms. The van der Waals surface area contributed by atoms with Gasteiger partial charge in [-0.15, -0.1) is 0 Å². The third kappa shape index (κ3) is 3.16.